The SMILES string of the molecule is Cc1ccc(C(=O)O[C@H](C)C(=O)Nc2ccc(F)cc2F)c(O)c1. The molecule has 0 aromatic heterocycles. The van der Waals surface area contributed by atoms with Crippen LogP contribution in [0.3, 0.4) is 0 Å². The van der Waals surface area contributed by atoms with Gasteiger partial charge >= 0.3 is 5.97 Å². The van der Waals surface area contributed by atoms with Gasteiger partial charge in [-0.05, 0) is 43.7 Å². The molecule has 1 atom stereocenters. The molecule has 24 heavy (non-hydrogen) atoms. The van der Waals surface area contributed by atoms with Gasteiger partial charge in [0.15, 0.2) is 6.10 Å². The van der Waals surface area contributed by atoms with Gasteiger partial charge in [-0.1, -0.05) is 6.07 Å². The summed E-state index contributed by atoms with van der Waals surface area (Å²) < 4.78 is 31.3. The van der Waals surface area contributed by atoms with E-state index in [0.29, 0.717) is 6.07 Å². The first-order chi connectivity index (χ1) is 11.3. The van der Waals surface area contributed by atoms with Crippen molar-refractivity contribution in [1.29, 1.82) is 0 Å². The van der Waals surface area contributed by atoms with E-state index in [1.54, 1.807) is 13.0 Å². The van der Waals surface area contributed by atoms with Crippen molar-refractivity contribution in [1.82, 2.24) is 0 Å². The van der Waals surface area contributed by atoms with Crippen molar-refractivity contribution in [2.24, 2.45) is 0 Å². The van der Waals surface area contributed by atoms with Gasteiger partial charge in [0.25, 0.3) is 5.91 Å². The number of rotatable bonds is 4. The first-order valence-electron chi connectivity index (χ1n) is 7.04. The predicted molar refractivity (Wildman–Crippen MR) is 82.7 cm³/mol. The summed E-state index contributed by atoms with van der Waals surface area (Å²) in [5, 5.41) is 11.9. The third-order valence-corrected chi connectivity index (χ3v) is 3.22. The number of ether oxygens (including phenoxy) is 1. The lowest BCUT2D eigenvalue weighted by Gasteiger charge is -2.14. The molecular formula is C17H15F2NO4. The maximum absolute atomic E-state index is 13.5. The van der Waals surface area contributed by atoms with Crippen LogP contribution in [0.1, 0.15) is 22.8 Å². The molecule has 0 unspecified atom stereocenters. The van der Waals surface area contributed by atoms with Gasteiger partial charge in [0.1, 0.15) is 22.9 Å². The fourth-order valence-electron chi connectivity index (χ4n) is 1.92. The zero-order valence-corrected chi connectivity index (χ0v) is 13.0. The fourth-order valence-corrected chi connectivity index (χ4v) is 1.92. The van der Waals surface area contributed by atoms with E-state index in [9.17, 15) is 23.5 Å². The van der Waals surface area contributed by atoms with Crippen LogP contribution in [0.2, 0.25) is 0 Å². The summed E-state index contributed by atoms with van der Waals surface area (Å²) in [4.78, 5) is 23.9. The molecule has 0 aliphatic heterocycles. The maximum Gasteiger partial charge on any atom is 0.342 e. The van der Waals surface area contributed by atoms with Crippen molar-refractivity contribution < 1.29 is 28.2 Å². The molecule has 1 amide bonds. The molecule has 126 valence electrons. The predicted octanol–water partition coefficient (Wildman–Crippen LogP) is 3.16. The van der Waals surface area contributed by atoms with Gasteiger partial charge < -0.3 is 15.2 Å². The van der Waals surface area contributed by atoms with E-state index in [1.807, 2.05) is 0 Å². The summed E-state index contributed by atoms with van der Waals surface area (Å²) in [6.07, 6.45) is -1.25. The summed E-state index contributed by atoms with van der Waals surface area (Å²) in [5.74, 6) is -3.68. The molecule has 2 rings (SSSR count). The number of carbonyl (C=O) groups excluding carboxylic acids is 2. The minimum absolute atomic E-state index is 0.0896. The Morgan fingerprint density at radius 2 is 1.88 bits per heavy atom. The molecule has 0 spiro atoms. The van der Waals surface area contributed by atoms with Crippen molar-refractivity contribution in [2.45, 2.75) is 20.0 Å². The Morgan fingerprint density at radius 1 is 1.17 bits per heavy atom. The van der Waals surface area contributed by atoms with E-state index in [4.69, 9.17) is 4.74 Å². The maximum atomic E-state index is 13.5. The van der Waals surface area contributed by atoms with Gasteiger partial charge in [0, 0.05) is 6.07 Å². The van der Waals surface area contributed by atoms with Crippen molar-refractivity contribution in [3.8, 4) is 5.75 Å². The van der Waals surface area contributed by atoms with E-state index >= 15 is 0 Å². The lowest BCUT2D eigenvalue weighted by atomic mass is 10.1. The number of anilines is 1. The smallest absolute Gasteiger partial charge is 0.342 e. The number of aromatic hydroxyl groups is 1. The van der Waals surface area contributed by atoms with Crippen LogP contribution in [0.15, 0.2) is 36.4 Å². The highest BCUT2D eigenvalue weighted by Gasteiger charge is 2.22. The van der Waals surface area contributed by atoms with E-state index in [-0.39, 0.29) is 17.0 Å². The Kier molecular flexibility index (Phi) is 5.13. The molecule has 2 N–H and O–H groups in total. The van der Waals surface area contributed by atoms with Gasteiger partial charge in [-0.2, -0.15) is 0 Å². The average molecular weight is 335 g/mol. The van der Waals surface area contributed by atoms with Crippen LogP contribution in [0.4, 0.5) is 14.5 Å². The minimum atomic E-state index is -1.25. The topological polar surface area (TPSA) is 75.6 Å². The number of aryl methyl sites for hydroxylation is 1. The number of esters is 1. The third-order valence-electron chi connectivity index (χ3n) is 3.22. The normalized spacial score (nSPS) is 11.7. The Labute approximate surface area is 136 Å². The first-order valence-corrected chi connectivity index (χ1v) is 7.04. The van der Waals surface area contributed by atoms with Crippen molar-refractivity contribution in [2.75, 3.05) is 5.32 Å². The van der Waals surface area contributed by atoms with Crippen LogP contribution in [0.5, 0.6) is 5.75 Å². The zero-order chi connectivity index (χ0) is 17.9. The average Bonchev–Trinajstić information content (AvgIpc) is 2.49. The number of hydrogen-bond donors (Lipinski definition) is 2. The number of halogens is 2. The molecule has 2 aromatic carbocycles. The van der Waals surface area contributed by atoms with Gasteiger partial charge in [0.05, 0.1) is 5.69 Å². The molecule has 0 aliphatic carbocycles. The van der Waals surface area contributed by atoms with Crippen molar-refractivity contribution in [3.63, 3.8) is 0 Å². The second-order valence-corrected chi connectivity index (χ2v) is 5.18. The lowest BCUT2D eigenvalue weighted by Crippen LogP contribution is -2.30. The van der Waals surface area contributed by atoms with Crippen LogP contribution in [0.25, 0.3) is 0 Å². The second kappa shape index (κ2) is 7.08. The molecule has 0 heterocycles. The monoisotopic (exact) mass is 335 g/mol. The number of phenols is 1. The second-order valence-electron chi connectivity index (χ2n) is 5.18. The Hall–Kier alpha value is -2.96. The molecule has 0 fully saturated rings. The van der Waals surface area contributed by atoms with Crippen LogP contribution < -0.4 is 5.32 Å². The number of nitrogens with one attached hydrogen (secondary N) is 1. The van der Waals surface area contributed by atoms with Crippen LogP contribution in [0, 0.1) is 18.6 Å². The van der Waals surface area contributed by atoms with Gasteiger partial charge in [-0.15, -0.1) is 0 Å². The molecular weight excluding hydrogens is 320 g/mol. The van der Waals surface area contributed by atoms with Gasteiger partial charge in [-0.3, -0.25) is 4.79 Å². The number of benzene rings is 2. The largest absolute Gasteiger partial charge is 0.507 e. The molecule has 0 aliphatic rings. The Balaban J connectivity index is 2.04. The molecule has 7 heteroatoms. The van der Waals surface area contributed by atoms with E-state index in [1.165, 1.54) is 19.1 Å². The van der Waals surface area contributed by atoms with Crippen molar-refractivity contribution in [3.05, 3.63) is 59.2 Å². The quantitative estimate of drug-likeness (QED) is 0.842. The fraction of sp³-hybridized carbons (Fsp3) is 0.176. The van der Waals surface area contributed by atoms with Crippen LogP contribution in [-0.2, 0) is 9.53 Å². The Morgan fingerprint density at radius 3 is 2.50 bits per heavy atom. The van der Waals surface area contributed by atoms with E-state index < -0.39 is 29.6 Å². The van der Waals surface area contributed by atoms with E-state index in [2.05, 4.69) is 5.32 Å². The van der Waals surface area contributed by atoms with E-state index in [0.717, 1.165) is 17.7 Å². The summed E-state index contributed by atoms with van der Waals surface area (Å²) >= 11 is 0. The highest BCUT2D eigenvalue weighted by Crippen LogP contribution is 2.20. The summed E-state index contributed by atoms with van der Waals surface area (Å²) in [7, 11) is 0. The number of amides is 1. The van der Waals surface area contributed by atoms with Crippen LogP contribution in [-0.4, -0.2) is 23.1 Å². The minimum Gasteiger partial charge on any atom is -0.507 e. The zero-order valence-electron chi connectivity index (χ0n) is 13.0. The highest BCUT2D eigenvalue weighted by molar-refractivity contribution is 5.98. The number of hydrogen-bond acceptors (Lipinski definition) is 4. The highest BCUT2D eigenvalue weighted by atomic mass is 19.1. The summed E-state index contributed by atoms with van der Waals surface area (Å²) in [6, 6.07) is 7.03. The molecule has 5 nitrogen and oxygen atoms in total. The first kappa shape index (κ1) is 17.4. The van der Waals surface area contributed by atoms with Crippen LogP contribution >= 0.6 is 0 Å². The van der Waals surface area contributed by atoms with Gasteiger partial charge in [0.2, 0.25) is 0 Å². The third kappa shape index (κ3) is 4.07. The number of carbonyl (C=O) groups is 2. The molecule has 0 bridgehead atoms. The molecule has 0 saturated carbocycles. The standard InChI is InChI=1S/C17H15F2NO4/c1-9-3-5-12(15(21)7-9)17(23)24-10(2)16(22)20-14-6-4-11(18)8-13(14)19/h3-8,10,21H,1-2H3,(H,20,22)/t10-/m1/s1. The summed E-state index contributed by atoms with van der Waals surface area (Å²) in [6.45, 7) is 3.03. The molecule has 0 saturated heterocycles. The van der Waals surface area contributed by atoms with Gasteiger partial charge in [-0.25, -0.2) is 13.6 Å². The Bertz CT molecular complexity index is 792. The summed E-state index contributed by atoms with van der Waals surface area (Å²) in [5.41, 5.74) is 0.428. The molecule has 2 aromatic rings. The number of phenolic OH excluding ortho intramolecular Hbond substituents is 1. The lowest BCUT2D eigenvalue weighted by molar-refractivity contribution is -0.123. The molecule has 0 radical (unpaired) electrons. The van der Waals surface area contributed by atoms with Crippen molar-refractivity contribution >= 4 is 17.6 Å².